The molecule has 0 fully saturated rings. The predicted octanol–water partition coefficient (Wildman–Crippen LogP) is 5.64. The molecule has 0 atom stereocenters. The Balaban J connectivity index is 2.28. The number of halogens is 3. The van der Waals surface area contributed by atoms with Gasteiger partial charge in [0.05, 0.1) is 4.47 Å². The normalized spacial score (nSPS) is 11.0. The molecule has 2 aromatic carbocycles. The SMILES string of the molecule is CC(C)NCc1c(F)cccc1Oc1ccc(Br)cc1Br. The van der Waals surface area contributed by atoms with Crippen molar-refractivity contribution in [1.82, 2.24) is 5.32 Å². The lowest BCUT2D eigenvalue weighted by atomic mass is 10.1. The second-order valence-corrected chi connectivity index (χ2v) is 6.70. The second kappa shape index (κ2) is 7.38. The molecule has 0 aliphatic carbocycles. The average molecular weight is 417 g/mol. The van der Waals surface area contributed by atoms with Gasteiger partial charge in [-0.25, -0.2) is 4.39 Å². The van der Waals surface area contributed by atoms with Crippen molar-refractivity contribution in [3.05, 3.63) is 56.7 Å². The molecule has 112 valence electrons. The van der Waals surface area contributed by atoms with Crippen molar-refractivity contribution in [3.8, 4) is 11.5 Å². The molecular weight excluding hydrogens is 401 g/mol. The number of nitrogens with one attached hydrogen (secondary N) is 1. The zero-order chi connectivity index (χ0) is 15.4. The highest BCUT2D eigenvalue weighted by molar-refractivity contribution is 9.11. The van der Waals surface area contributed by atoms with Crippen LogP contribution < -0.4 is 10.1 Å². The molecule has 2 aromatic rings. The third kappa shape index (κ3) is 4.53. The van der Waals surface area contributed by atoms with Gasteiger partial charge in [-0.05, 0) is 46.3 Å². The van der Waals surface area contributed by atoms with Crippen molar-refractivity contribution in [1.29, 1.82) is 0 Å². The topological polar surface area (TPSA) is 21.3 Å². The second-order valence-electron chi connectivity index (χ2n) is 4.93. The number of ether oxygens (including phenoxy) is 1. The molecule has 0 heterocycles. The van der Waals surface area contributed by atoms with Crippen LogP contribution in [0.5, 0.6) is 11.5 Å². The van der Waals surface area contributed by atoms with Gasteiger partial charge in [0.15, 0.2) is 0 Å². The molecule has 0 unspecified atom stereocenters. The highest BCUT2D eigenvalue weighted by Crippen LogP contribution is 2.34. The van der Waals surface area contributed by atoms with Crippen molar-refractivity contribution < 1.29 is 9.13 Å². The van der Waals surface area contributed by atoms with Crippen molar-refractivity contribution >= 4 is 31.9 Å². The Morgan fingerprint density at radius 1 is 1.14 bits per heavy atom. The van der Waals surface area contributed by atoms with E-state index in [1.807, 2.05) is 32.0 Å². The van der Waals surface area contributed by atoms with Crippen LogP contribution in [0.25, 0.3) is 0 Å². The van der Waals surface area contributed by atoms with Gasteiger partial charge in [0.25, 0.3) is 0 Å². The first kappa shape index (κ1) is 16.5. The van der Waals surface area contributed by atoms with E-state index in [1.54, 1.807) is 12.1 Å². The van der Waals surface area contributed by atoms with E-state index in [0.717, 1.165) is 8.95 Å². The summed E-state index contributed by atoms with van der Waals surface area (Å²) in [7, 11) is 0. The van der Waals surface area contributed by atoms with Crippen LogP contribution in [0.15, 0.2) is 45.3 Å². The molecule has 0 saturated heterocycles. The molecule has 0 aliphatic rings. The molecule has 0 aliphatic heterocycles. The maximum absolute atomic E-state index is 14.0. The number of hydrogen-bond donors (Lipinski definition) is 1. The molecule has 21 heavy (non-hydrogen) atoms. The van der Waals surface area contributed by atoms with Gasteiger partial charge in [-0.1, -0.05) is 35.8 Å². The Kier molecular flexibility index (Phi) is 5.79. The zero-order valence-electron chi connectivity index (χ0n) is 11.8. The molecule has 0 bridgehead atoms. The molecule has 0 amide bonds. The van der Waals surface area contributed by atoms with Gasteiger partial charge < -0.3 is 10.1 Å². The molecule has 0 radical (unpaired) electrons. The van der Waals surface area contributed by atoms with Crippen molar-refractivity contribution in [2.45, 2.75) is 26.4 Å². The molecule has 1 N–H and O–H groups in total. The summed E-state index contributed by atoms with van der Waals surface area (Å²) in [6.45, 7) is 4.47. The largest absolute Gasteiger partial charge is 0.456 e. The monoisotopic (exact) mass is 415 g/mol. The van der Waals surface area contributed by atoms with Crippen LogP contribution in [0.3, 0.4) is 0 Å². The van der Waals surface area contributed by atoms with Crippen LogP contribution in [0, 0.1) is 5.82 Å². The van der Waals surface area contributed by atoms with E-state index in [2.05, 4.69) is 37.2 Å². The predicted molar refractivity (Wildman–Crippen MR) is 90.3 cm³/mol. The van der Waals surface area contributed by atoms with Crippen molar-refractivity contribution in [2.75, 3.05) is 0 Å². The third-order valence-electron chi connectivity index (χ3n) is 2.88. The van der Waals surface area contributed by atoms with E-state index < -0.39 is 0 Å². The molecular formula is C16H16Br2FNO. The summed E-state index contributed by atoms with van der Waals surface area (Å²) in [5.74, 6) is 0.898. The summed E-state index contributed by atoms with van der Waals surface area (Å²) >= 11 is 6.84. The Hall–Kier alpha value is -0.910. The third-order valence-corrected chi connectivity index (χ3v) is 3.99. The van der Waals surface area contributed by atoms with Gasteiger partial charge in [0, 0.05) is 22.6 Å². The van der Waals surface area contributed by atoms with E-state index in [1.165, 1.54) is 6.07 Å². The maximum atomic E-state index is 14.0. The fourth-order valence-electron chi connectivity index (χ4n) is 1.79. The van der Waals surface area contributed by atoms with E-state index in [0.29, 0.717) is 23.6 Å². The highest BCUT2D eigenvalue weighted by atomic mass is 79.9. The molecule has 0 saturated carbocycles. The van der Waals surface area contributed by atoms with Gasteiger partial charge >= 0.3 is 0 Å². The van der Waals surface area contributed by atoms with Gasteiger partial charge in [0.1, 0.15) is 17.3 Å². The van der Waals surface area contributed by atoms with Crippen LogP contribution in [-0.4, -0.2) is 6.04 Å². The fraction of sp³-hybridized carbons (Fsp3) is 0.250. The average Bonchev–Trinajstić information content (AvgIpc) is 2.41. The van der Waals surface area contributed by atoms with Gasteiger partial charge in [0.2, 0.25) is 0 Å². The summed E-state index contributed by atoms with van der Waals surface area (Å²) in [6, 6.07) is 10.7. The minimum absolute atomic E-state index is 0.270. The Bertz CT molecular complexity index is 632. The minimum Gasteiger partial charge on any atom is -0.456 e. The summed E-state index contributed by atoms with van der Waals surface area (Å²) in [5.41, 5.74) is 0.529. The number of hydrogen-bond acceptors (Lipinski definition) is 2. The Labute approximate surface area is 141 Å². The molecule has 2 nitrogen and oxygen atoms in total. The van der Waals surface area contributed by atoms with Crippen LogP contribution in [0.4, 0.5) is 4.39 Å². The summed E-state index contributed by atoms with van der Waals surface area (Å²) in [6.07, 6.45) is 0. The smallest absolute Gasteiger partial charge is 0.141 e. The first-order chi connectivity index (χ1) is 9.97. The first-order valence-corrected chi connectivity index (χ1v) is 8.19. The number of rotatable bonds is 5. The Morgan fingerprint density at radius 3 is 2.57 bits per heavy atom. The Morgan fingerprint density at radius 2 is 1.90 bits per heavy atom. The van der Waals surface area contributed by atoms with E-state index in [-0.39, 0.29) is 11.9 Å². The standard InChI is InChI=1S/C16H16Br2FNO/c1-10(2)20-9-12-14(19)4-3-5-15(12)21-16-7-6-11(17)8-13(16)18/h3-8,10,20H,9H2,1-2H3. The molecule has 5 heteroatoms. The summed E-state index contributed by atoms with van der Waals surface area (Å²) < 4.78 is 21.6. The molecule has 2 rings (SSSR count). The number of benzene rings is 2. The molecule has 0 aromatic heterocycles. The van der Waals surface area contributed by atoms with Crippen LogP contribution in [0.1, 0.15) is 19.4 Å². The summed E-state index contributed by atoms with van der Waals surface area (Å²) in [5, 5.41) is 3.21. The van der Waals surface area contributed by atoms with E-state index in [4.69, 9.17) is 4.74 Å². The molecule has 0 spiro atoms. The lowest BCUT2D eigenvalue weighted by molar-refractivity contribution is 0.455. The van der Waals surface area contributed by atoms with Gasteiger partial charge in [-0.15, -0.1) is 0 Å². The minimum atomic E-state index is -0.270. The lowest BCUT2D eigenvalue weighted by Gasteiger charge is -2.15. The lowest BCUT2D eigenvalue weighted by Crippen LogP contribution is -2.22. The van der Waals surface area contributed by atoms with Gasteiger partial charge in [-0.2, -0.15) is 0 Å². The van der Waals surface area contributed by atoms with E-state index in [9.17, 15) is 4.39 Å². The zero-order valence-corrected chi connectivity index (χ0v) is 15.0. The van der Waals surface area contributed by atoms with Crippen LogP contribution >= 0.6 is 31.9 Å². The highest BCUT2D eigenvalue weighted by Gasteiger charge is 2.12. The van der Waals surface area contributed by atoms with Crippen molar-refractivity contribution in [2.24, 2.45) is 0 Å². The van der Waals surface area contributed by atoms with Crippen LogP contribution in [0.2, 0.25) is 0 Å². The quantitative estimate of drug-likeness (QED) is 0.680. The van der Waals surface area contributed by atoms with Crippen molar-refractivity contribution in [3.63, 3.8) is 0 Å². The van der Waals surface area contributed by atoms with Gasteiger partial charge in [-0.3, -0.25) is 0 Å². The fourth-order valence-corrected chi connectivity index (χ4v) is 2.92. The first-order valence-electron chi connectivity index (χ1n) is 6.61. The van der Waals surface area contributed by atoms with Crippen LogP contribution in [-0.2, 0) is 6.54 Å². The van der Waals surface area contributed by atoms with E-state index >= 15 is 0 Å². The maximum Gasteiger partial charge on any atom is 0.141 e. The summed E-state index contributed by atoms with van der Waals surface area (Å²) in [4.78, 5) is 0.